The van der Waals surface area contributed by atoms with Crippen molar-refractivity contribution in [2.45, 2.75) is 19.6 Å². The summed E-state index contributed by atoms with van der Waals surface area (Å²) in [7, 11) is -1.26. The zero-order valence-corrected chi connectivity index (χ0v) is 10.2. The first kappa shape index (κ1) is 10.5. The number of hydrogen-bond donors (Lipinski definition) is 0. The van der Waals surface area contributed by atoms with E-state index in [0.29, 0.717) is 0 Å². The second kappa shape index (κ2) is 3.68. The molecule has 2 heteroatoms. The predicted octanol–water partition coefficient (Wildman–Crippen LogP) is 4.23. The van der Waals surface area contributed by atoms with Gasteiger partial charge in [0.25, 0.3) is 0 Å². The summed E-state index contributed by atoms with van der Waals surface area (Å²) in [5.74, 6) is 0. The molecule has 0 aromatic heterocycles. The Morgan fingerprint density at radius 1 is 1.15 bits per heavy atom. The molecule has 0 bridgehead atoms. The number of benzene rings is 1. The second-order valence-corrected chi connectivity index (χ2v) is 9.78. The van der Waals surface area contributed by atoms with E-state index in [1.807, 2.05) is 24.3 Å². The van der Waals surface area contributed by atoms with Crippen molar-refractivity contribution in [2.24, 2.45) is 0 Å². The lowest BCUT2D eigenvalue weighted by atomic mass is 10.2. The summed E-state index contributed by atoms with van der Waals surface area (Å²) >= 11 is 5.81. The van der Waals surface area contributed by atoms with Crippen molar-refractivity contribution in [1.29, 1.82) is 0 Å². The molecule has 0 saturated heterocycles. The Labute approximate surface area is 86.3 Å². The van der Waals surface area contributed by atoms with Gasteiger partial charge in [0.1, 0.15) is 0 Å². The summed E-state index contributed by atoms with van der Waals surface area (Å²) < 4.78 is 0. The normalized spacial score (nSPS) is 11.4. The zero-order valence-electron chi connectivity index (χ0n) is 8.39. The average Bonchev–Trinajstić information content (AvgIpc) is 2.03. The van der Waals surface area contributed by atoms with Crippen molar-refractivity contribution in [3.63, 3.8) is 0 Å². The molecule has 0 aliphatic heterocycles. The maximum Gasteiger partial charge on any atom is 0.0776 e. The lowest BCUT2D eigenvalue weighted by Gasteiger charge is -2.19. The van der Waals surface area contributed by atoms with E-state index >= 15 is 0 Å². The van der Waals surface area contributed by atoms with Crippen LogP contribution in [0.15, 0.2) is 30.8 Å². The molecule has 0 heterocycles. The molecule has 0 saturated carbocycles. The minimum Gasteiger partial charge on any atom is -0.0992 e. The molecule has 0 amide bonds. The highest BCUT2D eigenvalue weighted by atomic mass is 35.5. The van der Waals surface area contributed by atoms with E-state index in [-0.39, 0.29) is 0 Å². The Morgan fingerprint density at radius 3 is 2.00 bits per heavy atom. The summed E-state index contributed by atoms with van der Waals surface area (Å²) in [5, 5.41) is 2.07. The van der Waals surface area contributed by atoms with Crippen LogP contribution in [0.5, 0.6) is 0 Å². The average molecular weight is 211 g/mol. The Kier molecular flexibility index (Phi) is 2.99. The third kappa shape index (κ3) is 2.71. The fourth-order valence-corrected chi connectivity index (χ4v) is 2.24. The SMILES string of the molecule is C=C(c1ccc(Cl)cc1)[Si](C)(C)C. The van der Waals surface area contributed by atoms with Crippen molar-refractivity contribution in [2.75, 3.05) is 0 Å². The molecule has 0 unspecified atom stereocenters. The van der Waals surface area contributed by atoms with Gasteiger partial charge < -0.3 is 0 Å². The maximum absolute atomic E-state index is 5.81. The van der Waals surface area contributed by atoms with Crippen molar-refractivity contribution in [3.05, 3.63) is 41.4 Å². The maximum atomic E-state index is 5.81. The van der Waals surface area contributed by atoms with Gasteiger partial charge in [-0.15, -0.1) is 0 Å². The third-order valence-electron chi connectivity index (χ3n) is 2.10. The zero-order chi connectivity index (χ0) is 10.1. The molecule has 0 fully saturated rings. The third-order valence-corrected chi connectivity index (χ3v) is 4.45. The van der Waals surface area contributed by atoms with Crippen molar-refractivity contribution in [3.8, 4) is 0 Å². The van der Waals surface area contributed by atoms with E-state index in [4.69, 9.17) is 11.6 Å². The van der Waals surface area contributed by atoms with Gasteiger partial charge in [0.05, 0.1) is 8.07 Å². The van der Waals surface area contributed by atoms with Gasteiger partial charge >= 0.3 is 0 Å². The van der Waals surface area contributed by atoms with E-state index < -0.39 is 8.07 Å². The standard InChI is InChI=1S/C11H15ClSi/c1-9(13(2,3)4)10-5-7-11(12)8-6-10/h5-8H,1H2,2-4H3. The van der Waals surface area contributed by atoms with Gasteiger partial charge in [-0.2, -0.15) is 0 Å². The quantitative estimate of drug-likeness (QED) is 0.641. The first-order valence-corrected chi connectivity index (χ1v) is 8.24. The van der Waals surface area contributed by atoms with Crippen LogP contribution in [0, 0.1) is 0 Å². The van der Waals surface area contributed by atoms with Crippen LogP contribution in [0.2, 0.25) is 24.7 Å². The predicted molar refractivity (Wildman–Crippen MR) is 63.8 cm³/mol. The topological polar surface area (TPSA) is 0 Å². The molecule has 1 rings (SSSR count). The van der Waals surface area contributed by atoms with Crippen molar-refractivity contribution < 1.29 is 0 Å². The van der Waals surface area contributed by atoms with Crippen LogP contribution in [0.3, 0.4) is 0 Å². The molecule has 0 N–H and O–H groups in total. The molecule has 1 aromatic rings. The van der Waals surface area contributed by atoms with E-state index in [2.05, 4.69) is 26.2 Å². The highest BCUT2D eigenvalue weighted by Crippen LogP contribution is 2.24. The highest BCUT2D eigenvalue weighted by Gasteiger charge is 2.18. The van der Waals surface area contributed by atoms with Crippen LogP contribution in [0.25, 0.3) is 5.20 Å². The second-order valence-electron chi connectivity index (χ2n) is 4.24. The largest absolute Gasteiger partial charge is 0.0992 e. The number of halogens is 1. The van der Waals surface area contributed by atoms with Gasteiger partial charge in [-0.25, -0.2) is 0 Å². The van der Waals surface area contributed by atoms with Crippen LogP contribution in [0.4, 0.5) is 0 Å². The lowest BCUT2D eigenvalue weighted by Crippen LogP contribution is -2.21. The Bertz CT molecular complexity index is 306. The first-order valence-electron chi connectivity index (χ1n) is 4.36. The Hall–Kier alpha value is -0.533. The minimum absolute atomic E-state index is 0.784. The number of rotatable bonds is 2. The van der Waals surface area contributed by atoms with Crippen molar-refractivity contribution in [1.82, 2.24) is 0 Å². The van der Waals surface area contributed by atoms with Gasteiger partial charge in [-0.3, -0.25) is 0 Å². The van der Waals surface area contributed by atoms with Gasteiger partial charge in [-0.05, 0) is 17.7 Å². The molecule has 1 aromatic carbocycles. The summed E-state index contributed by atoms with van der Waals surface area (Å²) in [5.41, 5.74) is 1.23. The number of hydrogen-bond acceptors (Lipinski definition) is 0. The Balaban J connectivity index is 2.97. The molecule has 0 aliphatic carbocycles. The van der Waals surface area contributed by atoms with Crippen LogP contribution in [-0.2, 0) is 0 Å². The summed E-state index contributed by atoms with van der Waals surface area (Å²) in [6, 6.07) is 7.93. The molecule has 13 heavy (non-hydrogen) atoms. The smallest absolute Gasteiger partial charge is 0.0776 e. The summed E-state index contributed by atoms with van der Waals surface area (Å²) in [6.45, 7) is 11.0. The van der Waals surface area contributed by atoms with Gasteiger partial charge in [0.15, 0.2) is 0 Å². The summed E-state index contributed by atoms with van der Waals surface area (Å²) in [6.07, 6.45) is 0. The molecular formula is C11H15ClSi. The van der Waals surface area contributed by atoms with Gasteiger partial charge in [0.2, 0.25) is 0 Å². The molecular weight excluding hydrogens is 196 g/mol. The molecule has 70 valence electrons. The molecule has 0 radical (unpaired) electrons. The fourth-order valence-electron chi connectivity index (χ4n) is 1.08. The molecule has 0 spiro atoms. The molecule has 0 aliphatic rings. The van der Waals surface area contributed by atoms with Crippen molar-refractivity contribution >= 4 is 24.9 Å². The van der Waals surface area contributed by atoms with E-state index in [1.54, 1.807) is 0 Å². The van der Waals surface area contributed by atoms with E-state index in [9.17, 15) is 0 Å². The first-order chi connectivity index (χ1) is 5.91. The highest BCUT2D eigenvalue weighted by molar-refractivity contribution is 6.93. The Morgan fingerprint density at radius 2 is 1.62 bits per heavy atom. The van der Waals surface area contributed by atoms with Crippen LogP contribution < -0.4 is 0 Å². The van der Waals surface area contributed by atoms with Crippen LogP contribution >= 0.6 is 11.6 Å². The van der Waals surface area contributed by atoms with Gasteiger partial charge in [0, 0.05) is 5.02 Å². The molecule has 0 atom stereocenters. The molecule has 0 nitrogen and oxygen atoms in total. The van der Waals surface area contributed by atoms with E-state index in [1.165, 1.54) is 10.8 Å². The van der Waals surface area contributed by atoms with Crippen LogP contribution in [-0.4, -0.2) is 8.07 Å². The van der Waals surface area contributed by atoms with E-state index in [0.717, 1.165) is 5.02 Å². The van der Waals surface area contributed by atoms with Gasteiger partial charge in [-0.1, -0.05) is 55.2 Å². The monoisotopic (exact) mass is 210 g/mol. The van der Waals surface area contributed by atoms with Crippen LogP contribution in [0.1, 0.15) is 5.56 Å². The fraction of sp³-hybridized carbons (Fsp3) is 0.273. The minimum atomic E-state index is -1.26. The summed E-state index contributed by atoms with van der Waals surface area (Å²) in [4.78, 5) is 0. The lowest BCUT2D eigenvalue weighted by molar-refractivity contribution is 1.62.